The summed E-state index contributed by atoms with van der Waals surface area (Å²) >= 11 is 0. The Morgan fingerprint density at radius 3 is 2.75 bits per heavy atom. The van der Waals surface area contributed by atoms with E-state index in [0.29, 0.717) is 12.0 Å². The van der Waals surface area contributed by atoms with Crippen molar-refractivity contribution in [2.24, 2.45) is 0 Å². The number of carbonyl (C=O) groups excluding carboxylic acids is 2. The fourth-order valence-corrected chi connectivity index (χ4v) is 2.66. The molecular weight excluding hydrogens is 256 g/mol. The molecule has 102 valence electrons. The van der Waals surface area contributed by atoms with E-state index in [0.717, 1.165) is 16.7 Å². The van der Waals surface area contributed by atoms with Crippen LogP contribution in [0.15, 0.2) is 36.4 Å². The predicted octanol–water partition coefficient (Wildman–Crippen LogP) is 2.35. The molecule has 1 atom stereocenters. The summed E-state index contributed by atoms with van der Waals surface area (Å²) in [5, 5.41) is 0. The van der Waals surface area contributed by atoms with Gasteiger partial charge >= 0.3 is 11.9 Å². The van der Waals surface area contributed by atoms with Gasteiger partial charge in [0.1, 0.15) is 6.10 Å². The van der Waals surface area contributed by atoms with Crippen LogP contribution in [0.4, 0.5) is 0 Å². The summed E-state index contributed by atoms with van der Waals surface area (Å²) in [6.45, 7) is 0. The van der Waals surface area contributed by atoms with E-state index in [1.165, 1.54) is 7.11 Å². The van der Waals surface area contributed by atoms with Gasteiger partial charge in [-0.3, -0.25) is 4.79 Å². The molecule has 0 fully saturated rings. The highest BCUT2D eigenvalue weighted by atomic mass is 16.5. The molecule has 1 aliphatic heterocycles. The molecule has 4 heteroatoms. The van der Waals surface area contributed by atoms with Crippen molar-refractivity contribution in [2.45, 2.75) is 18.9 Å². The van der Waals surface area contributed by atoms with E-state index in [9.17, 15) is 9.59 Å². The van der Waals surface area contributed by atoms with Gasteiger partial charge in [-0.1, -0.05) is 36.4 Å². The summed E-state index contributed by atoms with van der Waals surface area (Å²) in [5.41, 5.74) is 3.25. The van der Waals surface area contributed by atoms with Gasteiger partial charge in [0.25, 0.3) is 0 Å². The van der Waals surface area contributed by atoms with Gasteiger partial charge in [0.15, 0.2) is 0 Å². The number of carbonyl (C=O) groups is 2. The average molecular weight is 270 g/mol. The second-order valence-electron chi connectivity index (χ2n) is 4.73. The van der Waals surface area contributed by atoms with Crippen LogP contribution < -0.4 is 0 Å². The average Bonchev–Trinajstić information content (AvgIpc) is 2.63. The molecule has 0 spiro atoms. The van der Waals surface area contributed by atoms with Crippen molar-refractivity contribution in [3.63, 3.8) is 0 Å². The summed E-state index contributed by atoms with van der Waals surface area (Å²) in [6, 6.07) is 7.62. The quantitative estimate of drug-likeness (QED) is 0.735. The Kier molecular flexibility index (Phi) is 3.14. The first-order chi connectivity index (χ1) is 9.70. The van der Waals surface area contributed by atoms with E-state index >= 15 is 0 Å². The smallest absolute Gasteiger partial charge is 0.338 e. The van der Waals surface area contributed by atoms with E-state index in [1.807, 2.05) is 30.3 Å². The zero-order chi connectivity index (χ0) is 14.1. The standard InChI is InChI=1S/C16H14O4/c1-19-16(18)13-6-8-14-12(7-9-15(17)20-14)10-4-2-3-5-11(10)13/h2-7,14H,8-9H2,1H3. The Morgan fingerprint density at radius 2 is 2.00 bits per heavy atom. The molecule has 1 aromatic carbocycles. The number of ether oxygens (including phenoxy) is 2. The van der Waals surface area contributed by atoms with Crippen LogP contribution in [0.1, 0.15) is 24.0 Å². The third-order valence-corrected chi connectivity index (χ3v) is 3.58. The number of benzene rings is 1. The first-order valence-corrected chi connectivity index (χ1v) is 6.48. The van der Waals surface area contributed by atoms with Crippen molar-refractivity contribution in [3.05, 3.63) is 47.5 Å². The second-order valence-corrected chi connectivity index (χ2v) is 4.73. The molecule has 1 heterocycles. The largest absolute Gasteiger partial charge is 0.465 e. The lowest BCUT2D eigenvalue weighted by Crippen LogP contribution is -2.22. The van der Waals surface area contributed by atoms with E-state index in [1.54, 1.807) is 6.08 Å². The third kappa shape index (κ3) is 2.03. The summed E-state index contributed by atoms with van der Waals surface area (Å²) in [7, 11) is 1.36. The molecule has 1 aromatic rings. The molecule has 2 aliphatic rings. The molecule has 4 nitrogen and oxygen atoms in total. The van der Waals surface area contributed by atoms with Crippen LogP contribution in [0.3, 0.4) is 0 Å². The number of fused-ring (bicyclic) bond motifs is 3. The lowest BCUT2D eigenvalue weighted by atomic mass is 9.92. The summed E-state index contributed by atoms with van der Waals surface area (Å²) < 4.78 is 10.2. The lowest BCUT2D eigenvalue weighted by molar-refractivity contribution is -0.146. The van der Waals surface area contributed by atoms with Gasteiger partial charge in [0.05, 0.1) is 19.1 Å². The fourth-order valence-electron chi connectivity index (χ4n) is 2.66. The van der Waals surface area contributed by atoms with Crippen molar-refractivity contribution in [3.8, 4) is 0 Å². The molecule has 0 saturated carbocycles. The van der Waals surface area contributed by atoms with Crippen molar-refractivity contribution >= 4 is 23.1 Å². The molecule has 0 aromatic heterocycles. The van der Waals surface area contributed by atoms with Crippen molar-refractivity contribution < 1.29 is 19.1 Å². The zero-order valence-corrected chi connectivity index (χ0v) is 11.1. The van der Waals surface area contributed by atoms with Gasteiger partial charge in [0.2, 0.25) is 0 Å². The van der Waals surface area contributed by atoms with E-state index < -0.39 is 0 Å². The van der Waals surface area contributed by atoms with Gasteiger partial charge in [-0.25, -0.2) is 4.79 Å². The first-order valence-electron chi connectivity index (χ1n) is 6.48. The molecule has 3 rings (SSSR count). The zero-order valence-electron chi connectivity index (χ0n) is 11.1. The number of hydrogen-bond acceptors (Lipinski definition) is 4. The summed E-state index contributed by atoms with van der Waals surface area (Å²) in [6.07, 6.45) is 4.11. The third-order valence-electron chi connectivity index (χ3n) is 3.58. The van der Waals surface area contributed by atoms with Crippen LogP contribution in [-0.2, 0) is 19.1 Å². The van der Waals surface area contributed by atoms with Crippen molar-refractivity contribution in [1.29, 1.82) is 0 Å². The minimum atomic E-state index is -0.372. The van der Waals surface area contributed by atoms with E-state index in [2.05, 4.69) is 0 Å². The maximum absolute atomic E-state index is 11.9. The Morgan fingerprint density at radius 1 is 1.25 bits per heavy atom. The van der Waals surface area contributed by atoms with Gasteiger partial charge in [-0.05, 0) is 16.7 Å². The van der Waals surface area contributed by atoms with E-state index in [-0.39, 0.29) is 24.5 Å². The molecular formula is C16H14O4. The first kappa shape index (κ1) is 12.7. The van der Waals surface area contributed by atoms with Gasteiger partial charge < -0.3 is 9.47 Å². The molecule has 0 N–H and O–H groups in total. The fraction of sp³-hybridized carbons (Fsp3) is 0.250. The van der Waals surface area contributed by atoms with Crippen LogP contribution in [-0.4, -0.2) is 25.2 Å². The number of rotatable bonds is 1. The van der Waals surface area contributed by atoms with Crippen LogP contribution in [0.25, 0.3) is 11.1 Å². The van der Waals surface area contributed by atoms with Crippen LogP contribution >= 0.6 is 0 Å². The number of methoxy groups -OCH3 is 1. The lowest BCUT2D eigenvalue weighted by Gasteiger charge is -2.23. The predicted molar refractivity (Wildman–Crippen MR) is 73.5 cm³/mol. The topological polar surface area (TPSA) is 52.6 Å². The highest BCUT2D eigenvalue weighted by Crippen LogP contribution is 2.36. The van der Waals surface area contributed by atoms with Gasteiger partial charge in [-0.15, -0.1) is 0 Å². The van der Waals surface area contributed by atoms with E-state index in [4.69, 9.17) is 9.47 Å². The molecule has 20 heavy (non-hydrogen) atoms. The Hall–Kier alpha value is -2.36. The molecule has 0 amide bonds. The Labute approximate surface area is 116 Å². The normalized spacial score (nSPS) is 20.6. The van der Waals surface area contributed by atoms with Crippen LogP contribution in [0.2, 0.25) is 0 Å². The summed E-state index contributed by atoms with van der Waals surface area (Å²) in [5.74, 6) is -0.603. The van der Waals surface area contributed by atoms with Crippen LogP contribution in [0, 0.1) is 0 Å². The molecule has 0 saturated heterocycles. The Bertz CT molecular complexity index is 640. The maximum atomic E-state index is 11.9. The molecule has 0 bridgehead atoms. The number of hydrogen-bond donors (Lipinski definition) is 0. The SMILES string of the molecule is COC(=O)C1=CCC2OC(=O)CC=C2c2ccccc21. The summed E-state index contributed by atoms with van der Waals surface area (Å²) in [4.78, 5) is 23.4. The molecule has 0 radical (unpaired) electrons. The monoisotopic (exact) mass is 270 g/mol. The van der Waals surface area contributed by atoms with Gasteiger partial charge in [-0.2, -0.15) is 0 Å². The minimum absolute atomic E-state index is 0.230. The van der Waals surface area contributed by atoms with Crippen molar-refractivity contribution in [1.82, 2.24) is 0 Å². The highest BCUT2D eigenvalue weighted by Gasteiger charge is 2.30. The maximum Gasteiger partial charge on any atom is 0.338 e. The number of esters is 2. The second kappa shape index (κ2) is 4.96. The molecule has 1 aliphatic carbocycles. The van der Waals surface area contributed by atoms with Crippen molar-refractivity contribution in [2.75, 3.05) is 7.11 Å². The van der Waals surface area contributed by atoms with Crippen LogP contribution in [0.5, 0.6) is 0 Å². The Balaban J connectivity index is 2.16. The van der Waals surface area contributed by atoms with Gasteiger partial charge in [0, 0.05) is 6.42 Å². The highest BCUT2D eigenvalue weighted by molar-refractivity contribution is 6.18. The minimum Gasteiger partial charge on any atom is -0.465 e. The molecule has 1 unspecified atom stereocenters.